The Hall–Kier alpha value is -0.770. The second-order valence-electron chi connectivity index (χ2n) is 3.80. The SMILES string of the molecule is CCOCC1CCCCN1CCN=[N+]=[N-]. The number of piperidine rings is 1. The largest absolute Gasteiger partial charge is 0.380 e. The first kappa shape index (κ1) is 12.3. The first-order valence-corrected chi connectivity index (χ1v) is 5.71. The van der Waals surface area contributed by atoms with Crippen LogP contribution in [0.4, 0.5) is 0 Å². The van der Waals surface area contributed by atoms with Gasteiger partial charge in [0.1, 0.15) is 0 Å². The molecule has 1 aliphatic rings. The van der Waals surface area contributed by atoms with Crippen molar-refractivity contribution in [3.63, 3.8) is 0 Å². The molecule has 0 amide bonds. The summed E-state index contributed by atoms with van der Waals surface area (Å²) in [7, 11) is 0. The Kier molecular flexibility index (Phi) is 6.16. The Morgan fingerprint density at radius 1 is 1.53 bits per heavy atom. The highest BCUT2D eigenvalue weighted by Gasteiger charge is 2.21. The molecule has 1 unspecified atom stereocenters. The van der Waals surface area contributed by atoms with Crippen LogP contribution in [-0.2, 0) is 4.74 Å². The third kappa shape index (κ3) is 4.51. The van der Waals surface area contributed by atoms with Crippen LogP contribution in [0, 0.1) is 0 Å². The van der Waals surface area contributed by atoms with Gasteiger partial charge >= 0.3 is 0 Å². The lowest BCUT2D eigenvalue weighted by atomic mass is 10.0. The van der Waals surface area contributed by atoms with Gasteiger partial charge in [-0.1, -0.05) is 11.5 Å². The summed E-state index contributed by atoms with van der Waals surface area (Å²) in [5.41, 5.74) is 8.22. The monoisotopic (exact) mass is 212 g/mol. The van der Waals surface area contributed by atoms with Crippen LogP contribution >= 0.6 is 0 Å². The lowest BCUT2D eigenvalue weighted by Gasteiger charge is -2.35. The second kappa shape index (κ2) is 7.51. The molecule has 0 aliphatic carbocycles. The minimum absolute atomic E-state index is 0.521. The van der Waals surface area contributed by atoms with Crippen molar-refractivity contribution in [3.05, 3.63) is 10.4 Å². The van der Waals surface area contributed by atoms with Crippen molar-refractivity contribution in [2.45, 2.75) is 32.2 Å². The Bertz CT molecular complexity index is 215. The zero-order valence-electron chi connectivity index (χ0n) is 9.43. The van der Waals surface area contributed by atoms with Gasteiger partial charge in [0.2, 0.25) is 0 Å². The predicted molar refractivity (Wildman–Crippen MR) is 59.7 cm³/mol. The lowest BCUT2D eigenvalue weighted by molar-refractivity contribution is 0.0473. The highest BCUT2D eigenvalue weighted by Crippen LogP contribution is 2.16. The highest BCUT2D eigenvalue weighted by molar-refractivity contribution is 4.77. The van der Waals surface area contributed by atoms with Crippen molar-refractivity contribution in [1.82, 2.24) is 4.90 Å². The first-order valence-electron chi connectivity index (χ1n) is 5.71. The number of ether oxygens (including phenoxy) is 1. The van der Waals surface area contributed by atoms with Crippen LogP contribution in [0.3, 0.4) is 0 Å². The molecule has 0 aromatic rings. The molecule has 1 rings (SSSR count). The van der Waals surface area contributed by atoms with Crippen molar-refractivity contribution in [2.24, 2.45) is 5.11 Å². The minimum atomic E-state index is 0.521. The molecule has 1 heterocycles. The predicted octanol–water partition coefficient (Wildman–Crippen LogP) is 2.19. The van der Waals surface area contributed by atoms with Crippen molar-refractivity contribution >= 4 is 0 Å². The van der Waals surface area contributed by atoms with Crippen LogP contribution in [0.1, 0.15) is 26.2 Å². The zero-order valence-corrected chi connectivity index (χ0v) is 9.43. The molecule has 1 atom stereocenters. The molecule has 5 nitrogen and oxygen atoms in total. The zero-order chi connectivity index (χ0) is 10.9. The van der Waals surface area contributed by atoms with E-state index in [-0.39, 0.29) is 0 Å². The molecule has 0 spiro atoms. The third-order valence-corrected chi connectivity index (χ3v) is 2.81. The van der Waals surface area contributed by atoms with Crippen LogP contribution in [-0.4, -0.2) is 43.8 Å². The van der Waals surface area contributed by atoms with Crippen LogP contribution in [0.25, 0.3) is 10.4 Å². The minimum Gasteiger partial charge on any atom is -0.380 e. The summed E-state index contributed by atoms with van der Waals surface area (Å²) in [5.74, 6) is 0. The highest BCUT2D eigenvalue weighted by atomic mass is 16.5. The standard InChI is InChI=1S/C10H20N4O/c1-2-15-9-10-5-3-4-7-14(10)8-6-12-13-11/h10H,2-9H2,1H3. The maximum atomic E-state index is 8.22. The van der Waals surface area contributed by atoms with Gasteiger partial charge in [0.25, 0.3) is 0 Å². The number of azide groups is 1. The van der Waals surface area contributed by atoms with E-state index in [1.165, 1.54) is 19.3 Å². The summed E-state index contributed by atoms with van der Waals surface area (Å²) < 4.78 is 5.46. The van der Waals surface area contributed by atoms with Gasteiger partial charge in [0, 0.05) is 30.6 Å². The summed E-state index contributed by atoms with van der Waals surface area (Å²) in [6.45, 7) is 6.15. The fraction of sp³-hybridized carbons (Fsp3) is 1.00. The van der Waals surface area contributed by atoms with Gasteiger partial charge in [-0.25, -0.2) is 0 Å². The van der Waals surface area contributed by atoms with E-state index in [0.29, 0.717) is 12.6 Å². The molecule has 86 valence electrons. The summed E-state index contributed by atoms with van der Waals surface area (Å²) in [5, 5.41) is 3.58. The summed E-state index contributed by atoms with van der Waals surface area (Å²) in [6, 6.07) is 0.521. The van der Waals surface area contributed by atoms with E-state index in [4.69, 9.17) is 10.3 Å². The number of hydrogen-bond acceptors (Lipinski definition) is 3. The van der Waals surface area contributed by atoms with E-state index in [0.717, 1.165) is 26.3 Å². The molecule has 0 bridgehead atoms. The second-order valence-corrected chi connectivity index (χ2v) is 3.80. The number of rotatable bonds is 6. The van der Waals surface area contributed by atoms with E-state index in [9.17, 15) is 0 Å². The summed E-state index contributed by atoms with van der Waals surface area (Å²) in [6.07, 6.45) is 3.74. The fourth-order valence-corrected chi connectivity index (χ4v) is 2.01. The quantitative estimate of drug-likeness (QED) is 0.385. The Morgan fingerprint density at radius 3 is 3.13 bits per heavy atom. The number of nitrogens with zero attached hydrogens (tertiary/aromatic N) is 4. The Labute approximate surface area is 91.0 Å². The van der Waals surface area contributed by atoms with E-state index < -0.39 is 0 Å². The number of hydrogen-bond donors (Lipinski definition) is 0. The molecule has 0 N–H and O–H groups in total. The van der Waals surface area contributed by atoms with Gasteiger partial charge in [0.05, 0.1) is 6.61 Å². The molecule has 15 heavy (non-hydrogen) atoms. The fourth-order valence-electron chi connectivity index (χ4n) is 2.01. The molecular weight excluding hydrogens is 192 g/mol. The maximum Gasteiger partial charge on any atom is 0.0621 e. The molecule has 5 heteroatoms. The van der Waals surface area contributed by atoms with Gasteiger partial charge in [-0.2, -0.15) is 0 Å². The summed E-state index contributed by atoms with van der Waals surface area (Å²) in [4.78, 5) is 5.16. The average molecular weight is 212 g/mol. The maximum absolute atomic E-state index is 8.22. The first-order chi connectivity index (χ1) is 7.38. The van der Waals surface area contributed by atoms with Gasteiger partial charge in [0.15, 0.2) is 0 Å². The smallest absolute Gasteiger partial charge is 0.0621 e. The average Bonchev–Trinajstić information content (AvgIpc) is 2.28. The molecule has 0 aromatic carbocycles. The van der Waals surface area contributed by atoms with Crippen molar-refractivity contribution in [3.8, 4) is 0 Å². The molecule has 1 aliphatic heterocycles. The van der Waals surface area contributed by atoms with Gasteiger partial charge < -0.3 is 4.74 Å². The molecular formula is C10H20N4O. The van der Waals surface area contributed by atoms with Gasteiger partial charge in [-0.3, -0.25) is 4.90 Å². The molecule has 0 saturated carbocycles. The van der Waals surface area contributed by atoms with E-state index >= 15 is 0 Å². The van der Waals surface area contributed by atoms with E-state index in [2.05, 4.69) is 14.9 Å². The normalized spacial score (nSPS) is 22.3. The molecule has 0 aromatic heterocycles. The van der Waals surface area contributed by atoms with E-state index in [1.807, 2.05) is 6.92 Å². The van der Waals surface area contributed by atoms with Crippen LogP contribution in [0.15, 0.2) is 5.11 Å². The lowest BCUT2D eigenvalue weighted by Crippen LogP contribution is -2.43. The van der Waals surface area contributed by atoms with Crippen molar-refractivity contribution < 1.29 is 4.74 Å². The summed E-state index contributed by atoms with van der Waals surface area (Å²) >= 11 is 0. The molecule has 1 saturated heterocycles. The Balaban J connectivity index is 2.31. The number of likely N-dealkylation sites (tertiary alicyclic amines) is 1. The van der Waals surface area contributed by atoms with Crippen LogP contribution in [0.2, 0.25) is 0 Å². The topological polar surface area (TPSA) is 61.2 Å². The Morgan fingerprint density at radius 2 is 2.40 bits per heavy atom. The van der Waals surface area contributed by atoms with Gasteiger partial charge in [-0.05, 0) is 31.8 Å². The van der Waals surface area contributed by atoms with Crippen LogP contribution in [0.5, 0.6) is 0 Å². The molecule has 1 fully saturated rings. The van der Waals surface area contributed by atoms with Crippen molar-refractivity contribution in [1.29, 1.82) is 0 Å². The molecule has 0 radical (unpaired) electrons. The van der Waals surface area contributed by atoms with Gasteiger partial charge in [-0.15, -0.1) is 0 Å². The van der Waals surface area contributed by atoms with E-state index in [1.54, 1.807) is 0 Å². The van der Waals surface area contributed by atoms with Crippen molar-refractivity contribution in [2.75, 3.05) is 32.8 Å². The third-order valence-electron chi connectivity index (χ3n) is 2.81. The van der Waals surface area contributed by atoms with Crippen LogP contribution < -0.4 is 0 Å².